The molecule has 0 spiro atoms. The summed E-state index contributed by atoms with van der Waals surface area (Å²) in [5, 5.41) is 11.4. The van der Waals surface area contributed by atoms with Crippen molar-refractivity contribution in [3.05, 3.63) is 71.5 Å². The highest BCUT2D eigenvalue weighted by Crippen LogP contribution is 2.46. The van der Waals surface area contributed by atoms with Crippen LogP contribution in [0.25, 0.3) is 10.8 Å². The van der Waals surface area contributed by atoms with Gasteiger partial charge in [-0.1, -0.05) is 43.0 Å². The van der Waals surface area contributed by atoms with Gasteiger partial charge >= 0.3 is 5.97 Å². The van der Waals surface area contributed by atoms with Crippen molar-refractivity contribution in [3.63, 3.8) is 0 Å². The van der Waals surface area contributed by atoms with Gasteiger partial charge in [-0.25, -0.2) is 0 Å². The second-order valence-electron chi connectivity index (χ2n) is 6.65. The summed E-state index contributed by atoms with van der Waals surface area (Å²) in [6.45, 7) is 7.66. The topological polar surface area (TPSA) is 65.0 Å². The minimum absolute atomic E-state index is 0.115. The third kappa shape index (κ3) is 4.62. The van der Waals surface area contributed by atoms with Gasteiger partial charge in [0.2, 0.25) is 0 Å². The molecular weight excluding hydrogens is 368 g/mol. The lowest BCUT2D eigenvalue weighted by Gasteiger charge is -2.25. The minimum Gasteiger partial charge on any atom is -0.501 e. The Labute approximate surface area is 171 Å². The minimum atomic E-state index is -0.913. The zero-order valence-electron chi connectivity index (χ0n) is 17.6. The van der Waals surface area contributed by atoms with Crippen LogP contribution in [-0.2, 0) is 9.53 Å². The predicted molar refractivity (Wildman–Crippen MR) is 116 cm³/mol. The number of aliphatic carboxylic acids is 1. The van der Waals surface area contributed by atoms with E-state index in [1.54, 1.807) is 33.5 Å². The van der Waals surface area contributed by atoms with E-state index in [2.05, 4.69) is 6.58 Å². The van der Waals surface area contributed by atoms with Gasteiger partial charge in [-0.05, 0) is 31.1 Å². The number of rotatable bonds is 9. The van der Waals surface area contributed by atoms with Crippen LogP contribution in [0, 0.1) is 6.92 Å². The summed E-state index contributed by atoms with van der Waals surface area (Å²) < 4.78 is 16.7. The van der Waals surface area contributed by atoms with Gasteiger partial charge in [0.15, 0.2) is 0 Å². The first-order valence-corrected chi connectivity index (χ1v) is 9.29. The average Bonchev–Trinajstić information content (AvgIpc) is 2.72. The Hall–Kier alpha value is -3.21. The number of fused-ring (bicyclic) bond motifs is 1. The third-order valence-electron chi connectivity index (χ3n) is 5.01. The molecule has 0 unspecified atom stereocenters. The van der Waals surface area contributed by atoms with Crippen LogP contribution in [0.3, 0.4) is 0 Å². The molecule has 0 aliphatic carbocycles. The van der Waals surface area contributed by atoms with Crippen LogP contribution >= 0.6 is 0 Å². The van der Waals surface area contributed by atoms with Crippen molar-refractivity contribution in [1.82, 2.24) is 0 Å². The smallest absolute Gasteiger partial charge is 0.304 e. The molecule has 0 heterocycles. The maximum Gasteiger partial charge on any atom is 0.304 e. The summed E-state index contributed by atoms with van der Waals surface area (Å²) in [5.41, 5.74) is 2.37. The molecule has 0 amide bonds. The largest absolute Gasteiger partial charge is 0.501 e. The summed E-state index contributed by atoms with van der Waals surface area (Å²) in [5.74, 6) is 0.672. The van der Waals surface area contributed by atoms with Crippen LogP contribution in [0.1, 0.15) is 30.4 Å². The first-order valence-electron chi connectivity index (χ1n) is 9.29. The summed E-state index contributed by atoms with van der Waals surface area (Å²) in [4.78, 5) is 11.8. The first-order chi connectivity index (χ1) is 13.9. The van der Waals surface area contributed by atoms with Crippen molar-refractivity contribution in [2.75, 3.05) is 21.3 Å². The summed E-state index contributed by atoms with van der Waals surface area (Å²) in [7, 11) is 4.80. The van der Waals surface area contributed by atoms with E-state index in [4.69, 9.17) is 14.2 Å². The lowest BCUT2D eigenvalue weighted by Crippen LogP contribution is -2.12. The fourth-order valence-corrected chi connectivity index (χ4v) is 3.59. The van der Waals surface area contributed by atoms with Crippen LogP contribution in [0.5, 0.6) is 11.5 Å². The molecule has 0 bridgehead atoms. The van der Waals surface area contributed by atoms with E-state index in [-0.39, 0.29) is 6.42 Å². The number of ether oxygens (including phenoxy) is 3. The fraction of sp³-hybridized carbons (Fsp3) is 0.292. The molecule has 2 aromatic carbocycles. The SMILES string of the molecule is C=C/C(=C\C=C(/C)OC)[C@H](CC(=O)O)c1c(C)c(OC)c2ccccc2c1OC. The Balaban J connectivity index is 2.88. The molecule has 0 saturated carbocycles. The number of benzene rings is 2. The van der Waals surface area contributed by atoms with Crippen molar-refractivity contribution in [1.29, 1.82) is 0 Å². The van der Waals surface area contributed by atoms with Crippen LogP contribution in [0.2, 0.25) is 0 Å². The normalized spacial score (nSPS) is 13.1. The molecule has 0 aromatic heterocycles. The second kappa shape index (κ2) is 9.82. The molecule has 0 aliphatic heterocycles. The Kier molecular flexibility index (Phi) is 7.48. The van der Waals surface area contributed by atoms with Gasteiger partial charge in [0.05, 0.1) is 33.5 Å². The van der Waals surface area contributed by atoms with Gasteiger partial charge in [-0.15, -0.1) is 0 Å². The zero-order valence-corrected chi connectivity index (χ0v) is 17.6. The molecule has 1 atom stereocenters. The van der Waals surface area contributed by atoms with E-state index in [1.165, 1.54) is 0 Å². The maximum atomic E-state index is 11.8. The van der Waals surface area contributed by atoms with E-state index in [0.717, 1.165) is 27.5 Å². The lowest BCUT2D eigenvalue weighted by molar-refractivity contribution is -0.137. The average molecular weight is 396 g/mol. The Morgan fingerprint density at radius 2 is 1.69 bits per heavy atom. The lowest BCUT2D eigenvalue weighted by atomic mass is 9.82. The number of carboxylic acids is 1. The third-order valence-corrected chi connectivity index (χ3v) is 5.01. The summed E-state index contributed by atoms with van der Waals surface area (Å²) >= 11 is 0. The van der Waals surface area contributed by atoms with Gasteiger partial charge in [0.1, 0.15) is 11.5 Å². The number of hydrogen-bond donors (Lipinski definition) is 1. The molecule has 0 fully saturated rings. The Bertz CT molecular complexity index is 969. The van der Waals surface area contributed by atoms with Gasteiger partial charge < -0.3 is 19.3 Å². The first kappa shape index (κ1) is 22.1. The van der Waals surface area contributed by atoms with Crippen LogP contribution in [-0.4, -0.2) is 32.4 Å². The van der Waals surface area contributed by atoms with Crippen LogP contribution < -0.4 is 9.47 Å². The molecule has 5 heteroatoms. The summed E-state index contributed by atoms with van der Waals surface area (Å²) in [6, 6.07) is 7.77. The van der Waals surface area contributed by atoms with E-state index in [9.17, 15) is 9.90 Å². The standard InChI is InChI=1S/C24H28O5/c1-7-17(13-12-15(2)27-4)20(14-21(25)26)22-16(3)23(28-5)18-10-8-9-11-19(18)24(22)29-6/h7-13,20H,1,14H2,2-6H3,(H,25,26)/b15-12+,17-13+/t20-/m0/s1. The highest BCUT2D eigenvalue weighted by molar-refractivity contribution is 5.96. The van der Waals surface area contributed by atoms with Crippen LogP contribution in [0.15, 0.2) is 60.4 Å². The van der Waals surface area contributed by atoms with E-state index >= 15 is 0 Å². The molecule has 154 valence electrons. The van der Waals surface area contributed by atoms with Crippen molar-refractivity contribution in [3.8, 4) is 11.5 Å². The molecule has 0 saturated heterocycles. The maximum absolute atomic E-state index is 11.8. The molecular formula is C24H28O5. The quantitative estimate of drug-likeness (QED) is 0.455. The van der Waals surface area contributed by atoms with Gasteiger partial charge in [0, 0.05) is 22.3 Å². The fourth-order valence-electron chi connectivity index (χ4n) is 3.59. The number of carboxylic acid groups (broad SMARTS) is 1. The number of carbonyl (C=O) groups is 1. The molecule has 29 heavy (non-hydrogen) atoms. The number of hydrogen-bond acceptors (Lipinski definition) is 4. The van der Waals surface area contributed by atoms with E-state index < -0.39 is 11.9 Å². The van der Waals surface area contributed by atoms with Crippen LogP contribution in [0.4, 0.5) is 0 Å². The van der Waals surface area contributed by atoms with Crippen molar-refractivity contribution in [2.45, 2.75) is 26.2 Å². The van der Waals surface area contributed by atoms with E-state index in [0.29, 0.717) is 17.3 Å². The highest BCUT2D eigenvalue weighted by atomic mass is 16.5. The molecule has 2 rings (SSSR count). The van der Waals surface area contributed by atoms with Gasteiger partial charge in [0.25, 0.3) is 0 Å². The van der Waals surface area contributed by atoms with Gasteiger partial charge in [-0.2, -0.15) is 0 Å². The molecule has 5 nitrogen and oxygen atoms in total. The van der Waals surface area contributed by atoms with E-state index in [1.807, 2.05) is 44.2 Å². The highest BCUT2D eigenvalue weighted by Gasteiger charge is 2.28. The monoisotopic (exact) mass is 396 g/mol. The predicted octanol–water partition coefficient (Wildman–Crippen LogP) is 5.39. The summed E-state index contributed by atoms with van der Waals surface area (Å²) in [6.07, 6.45) is 5.19. The second-order valence-corrected chi connectivity index (χ2v) is 6.65. The van der Waals surface area contributed by atoms with Gasteiger partial charge in [-0.3, -0.25) is 4.79 Å². The van der Waals surface area contributed by atoms with Crippen molar-refractivity contribution < 1.29 is 24.1 Å². The number of methoxy groups -OCH3 is 3. The Morgan fingerprint density at radius 3 is 2.17 bits per heavy atom. The molecule has 2 aromatic rings. The molecule has 0 aliphatic rings. The molecule has 1 N–H and O–H groups in total. The zero-order chi connectivity index (χ0) is 21.6. The molecule has 0 radical (unpaired) electrons. The number of allylic oxidation sites excluding steroid dienone is 5. The van der Waals surface area contributed by atoms with Crippen molar-refractivity contribution in [2.24, 2.45) is 0 Å². The Morgan fingerprint density at radius 1 is 1.10 bits per heavy atom. The van der Waals surface area contributed by atoms with Crippen molar-refractivity contribution >= 4 is 16.7 Å².